The van der Waals surface area contributed by atoms with Gasteiger partial charge in [0.15, 0.2) is 0 Å². The van der Waals surface area contributed by atoms with E-state index >= 15 is 0 Å². The van der Waals surface area contributed by atoms with E-state index in [-0.39, 0.29) is 6.04 Å². The molecule has 0 saturated carbocycles. The van der Waals surface area contributed by atoms with Crippen molar-refractivity contribution in [1.82, 2.24) is 5.32 Å². The van der Waals surface area contributed by atoms with Crippen LogP contribution in [0.2, 0.25) is 5.02 Å². The molecule has 1 aliphatic heterocycles. The fourth-order valence-electron chi connectivity index (χ4n) is 2.95. The summed E-state index contributed by atoms with van der Waals surface area (Å²) in [5.41, 5.74) is 3.82. The molecule has 1 aliphatic rings. The van der Waals surface area contributed by atoms with Crippen molar-refractivity contribution in [3.63, 3.8) is 0 Å². The Labute approximate surface area is 131 Å². The summed E-state index contributed by atoms with van der Waals surface area (Å²) >= 11 is 6.10. The molecule has 0 aliphatic carbocycles. The lowest BCUT2D eigenvalue weighted by Crippen LogP contribution is -2.23. The van der Waals surface area contributed by atoms with Crippen LogP contribution in [0.5, 0.6) is 5.75 Å². The van der Waals surface area contributed by atoms with Crippen LogP contribution in [0.3, 0.4) is 0 Å². The molecule has 0 fully saturated rings. The number of benzene rings is 2. The lowest BCUT2D eigenvalue weighted by molar-refractivity contribution is 0.348. The van der Waals surface area contributed by atoms with Crippen LogP contribution in [-0.2, 0) is 12.8 Å². The number of fused-ring (bicyclic) bond motifs is 1. The molecule has 1 N–H and O–H groups in total. The maximum absolute atomic E-state index is 6.10. The Morgan fingerprint density at radius 1 is 1.24 bits per heavy atom. The highest BCUT2D eigenvalue weighted by Crippen LogP contribution is 2.34. The molecule has 0 radical (unpaired) electrons. The van der Waals surface area contributed by atoms with Crippen molar-refractivity contribution in [2.45, 2.75) is 25.8 Å². The Balaban J connectivity index is 1.90. The Hall–Kier alpha value is -1.51. The topological polar surface area (TPSA) is 21.3 Å². The average Bonchev–Trinajstić information content (AvgIpc) is 2.95. The summed E-state index contributed by atoms with van der Waals surface area (Å²) in [5, 5.41) is 4.36. The third-order valence-electron chi connectivity index (χ3n) is 3.90. The third kappa shape index (κ3) is 3.22. The van der Waals surface area contributed by atoms with Gasteiger partial charge in [-0.05, 0) is 36.2 Å². The maximum Gasteiger partial charge on any atom is 0.127 e. The molecule has 0 bridgehead atoms. The molecule has 21 heavy (non-hydrogen) atoms. The lowest BCUT2D eigenvalue weighted by Gasteiger charge is -2.21. The molecule has 1 heterocycles. The molecule has 2 nitrogen and oxygen atoms in total. The highest BCUT2D eigenvalue weighted by molar-refractivity contribution is 6.30. The number of hydrogen-bond acceptors (Lipinski definition) is 2. The smallest absolute Gasteiger partial charge is 0.127 e. The molecule has 1 unspecified atom stereocenters. The molecule has 110 valence electrons. The Morgan fingerprint density at radius 3 is 2.90 bits per heavy atom. The first-order valence-corrected chi connectivity index (χ1v) is 7.88. The van der Waals surface area contributed by atoms with Crippen molar-refractivity contribution in [1.29, 1.82) is 0 Å². The van der Waals surface area contributed by atoms with Crippen molar-refractivity contribution < 1.29 is 4.74 Å². The lowest BCUT2D eigenvalue weighted by atomic mass is 9.96. The monoisotopic (exact) mass is 301 g/mol. The number of rotatable bonds is 5. The molecule has 1 atom stereocenters. The fourth-order valence-corrected chi connectivity index (χ4v) is 3.17. The van der Waals surface area contributed by atoms with Gasteiger partial charge < -0.3 is 10.1 Å². The summed E-state index contributed by atoms with van der Waals surface area (Å²) in [6.07, 6.45) is 1.92. The van der Waals surface area contributed by atoms with Gasteiger partial charge >= 0.3 is 0 Å². The van der Waals surface area contributed by atoms with Gasteiger partial charge in [0.25, 0.3) is 0 Å². The van der Waals surface area contributed by atoms with Crippen molar-refractivity contribution in [3.05, 3.63) is 64.2 Å². The summed E-state index contributed by atoms with van der Waals surface area (Å²) in [6, 6.07) is 14.8. The summed E-state index contributed by atoms with van der Waals surface area (Å²) < 4.78 is 5.85. The predicted molar refractivity (Wildman–Crippen MR) is 87.2 cm³/mol. The summed E-state index contributed by atoms with van der Waals surface area (Å²) in [4.78, 5) is 0. The minimum absolute atomic E-state index is 0.251. The second-order valence-corrected chi connectivity index (χ2v) is 5.81. The molecule has 0 saturated heterocycles. The number of halogens is 1. The van der Waals surface area contributed by atoms with Crippen LogP contribution in [0.15, 0.2) is 42.5 Å². The van der Waals surface area contributed by atoms with Gasteiger partial charge in [-0.15, -0.1) is 0 Å². The second kappa shape index (κ2) is 6.50. The largest absolute Gasteiger partial charge is 0.493 e. The normalized spacial score (nSPS) is 14.6. The van der Waals surface area contributed by atoms with Gasteiger partial charge in [-0.1, -0.05) is 48.9 Å². The zero-order chi connectivity index (χ0) is 14.7. The third-order valence-corrected chi connectivity index (χ3v) is 4.13. The quantitative estimate of drug-likeness (QED) is 0.895. The van der Waals surface area contributed by atoms with E-state index < -0.39 is 0 Å². The van der Waals surface area contributed by atoms with E-state index in [1.165, 1.54) is 16.7 Å². The van der Waals surface area contributed by atoms with Crippen LogP contribution in [-0.4, -0.2) is 13.2 Å². The molecule has 3 heteroatoms. The molecule has 0 amide bonds. The van der Waals surface area contributed by atoms with Crippen molar-refractivity contribution in [3.8, 4) is 5.75 Å². The maximum atomic E-state index is 6.10. The van der Waals surface area contributed by atoms with Crippen molar-refractivity contribution in [2.75, 3.05) is 13.2 Å². The zero-order valence-electron chi connectivity index (χ0n) is 12.2. The average molecular weight is 302 g/mol. The van der Waals surface area contributed by atoms with Crippen LogP contribution in [0, 0.1) is 0 Å². The van der Waals surface area contributed by atoms with E-state index in [0.29, 0.717) is 0 Å². The highest BCUT2D eigenvalue weighted by atomic mass is 35.5. The van der Waals surface area contributed by atoms with Crippen LogP contribution in [0.1, 0.15) is 29.7 Å². The van der Waals surface area contributed by atoms with Gasteiger partial charge in [0, 0.05) is 23.0 Å². The molecule has 0 aromatic heterocycles. The van der Waals surface area contributed by atoms with E-state index in [2.05, 4.69) is 36.5 Å². The molecule has 3 rings (SSSR count). The second-order valence-electron chi connectivity index (χ2n) is 5.38. The van der Waals surface area contributed by atoms with Gasteiger partial charge in [0.05, 0.1) is 6.61 Å². The standard InChI is InChI=1S/C18H20ClNO/c1-2-20-17(12-13-5-3-7-15(19)11-13)16-8-4-6-14-9-10-21-18(14)16/h3-8,11,17,20H,2,9-10,12H2,1H3. The van der Waals surface area contributed by atoms with Gasteiger partial charge in [-0.3, -0.25) is 0 Å². The molecule has 0 spiro atoms. The van der Waals surface area contributed by atoms with E-state index in [1.807, 2.05) is 18.2 Å². The van der Waals surface area contributed by atoms with E-state index in [4.69, 9.17) is 16.3 Å². The van der Waals surface area contributed by atoms with Crippen molar-refractivity contribution >= 4 is 11.6 Å². The Kier molecular flexibility index (Phi) is 4.47. The number of nitrogens with one attached hydrogen (secondary N) is 1. The SMILES string of the molecule is CCNC(Cc1cccc(Cl)c1)c1cccc2c1OCC2. The van der Waals surface area contributed by atoms with E-state index in [0.717, 1.165) is 36.8 Å². The van der Waals surface area contributed by atoms with Crippen LogP contribution in [0.25, 0.3) is 0 Å². The number of para-hydroxylation sites is 1. The number of likely N-dealkylation sites (N-methyl/N-ethyl adjacent to an activating group) is 1. The Bertz CT molecular complexity index is 626. The van der Waals surface area contributed by atoms with Gasteiger partial charge in [0.2, 0.25) is 0 Å². The van der Waals surface area contributed by atoms with Gasteiger partial charge in [-0.2, -0.15) is 0 Å². The minimum atomic E-state index is 0.251. The minimum Gasteiger partial charge on any atom is -0.493 e. The molecular formula is C18H20ClNO. The predicted octanol–water partition coefficient (Wildman–Crippen LogP) is 4.17. The van der Waals surface area contributed by atoms with Crippen molar-refractivity contribution in [2.24, 2.45) is 0 Å². The van der Waals surface area contributed by atoms with E-state index in [9.17, 15) is 0 Å². The first-order chi connectivity index (χ1) is 10.3. The summed E-state index contributed by atoms with van der Waals surface area (Å²) in [6.45, 7) is 3.85. The molecule has 2 aromatic rings. The van der Waals surface area contributed by atoms with E-state index in [1.54, 1.807) is 0 Å². The first kappa shape index (κ1) is 14.4. The van der Waals surface area contributed by atoms with Crippen LogP contribution < -0.4 is 10.1 Å². The highest BCUT2D eigenvalue weighted by Gasteiger charge is 2.21. The number of hydrogen-bond donors (Lipinski definition) is 1. The molecule has 2 aromatic carbocycles. The number of ether oxygens (including phenoxy) is 1. The first-order valence-electron chi connectivity index (χ1n) is 7.50. The fraction of sp³-hybridized carbons (Fsp3) is 0.333. The van der Waals surface area contributed by atoms with Gasteiger partial charge in [-0.25, -0.2) is 0 Å². The molecular weight excluding hydrogens is 282 g/mol. The summed E-state index contributed by atoms with van der Waals surface area (Å²) in [7, 11) is 0. The van der Waals surface area contributed by atoms with Gasteiger partial charge in [0.1, 0.15) is 5.75 Å². The Morgan fingerprint density at radius 2 is 2.10 bits per heavy atom. The summed E-state index contributed by atoms with van der Waals surface area (Å²) in [5.74, 6) is 1.07. The van der Waals surface area contributed by atoms with Crippen LogP contribution >= 0.6 is 11.6 Å². The van der Waals surface area contributed by atoms with Crippen LogP contribution in [0.4, 0.5) is 0 Å². The zero-order valence-corrected chi connectivity index (χ0v) is 13.0.